The molecule has 30 heavy (non-hydrogen) atoms. The van der Waals surface area contributed by atoms with Gasteiger partial charge in [-0.05, 0) is 66.6 Å². The number of benzene rings is 2. The van der Waals surface area contributed by atoms with Crippen LogP contribution in [0.4, 0.5) is 4.39 Å². The summed E-state index contributed by atoms with van der Waals surface area (Å²) in [5, 5.41) is 0. The van der Waals surface area contributed by atoms with E-state index in [0.29, 0.717) is 11.3 Å². The zero-order valence-electron chi connectivity index (χ0n) is 16.3. The van der Waals surface area contributed by atoms with E-state index < -0.39 is 5.67 Å². The second-order valence-electron chi connectivity index (χ2n) is 7.02. The Kier molecular flexibility index (Phi) is 6.11. The summed E-state index contributed by atoms with van der Waals surface area (Å²) in [6, 6.07) is 24.7. The Balaban J connectivity index is 1.82. The SMILES string of the molecule is CCC(F)(c1cc(Br)cc(-c2ccccn2)c1)c1cccc(-c2cccc(Br)c2)n1. The molecule has 0 saturated carbocycles. The van der Waals surface area contributed by atoms with Crippen molar-refractivity contribution in [2.45, 2.75) is 19.0 Å². The summed E-state index contributed by atoms with van der Waals surface area (Å²) >= 11 is 7.04. The van der Waals surface area contributed by atoms with Crippen molar-refractivity contribution in [3.63, 3.8) is 0 Å². The zero-order valence-corrected chi connectivity index (χ0v) is 19.5. The molecule has 0 spiro atoms. The van der Waals surface area contributed by atoms with E-state index in [1.807, 2.05) is 79.7 Å². The highest BCUT2D eigenvalue weighted by Crippen LogP contribution is 2.40. The summed E-state index contributed by atoms with van der Waals surface area (Å²) in [7, 11) is 0. The summed E-state index contributed by atoms with van der Waals surface area (Å²) in [5.41, 5.74) is 2.56. The van der Waals surface area contributed by atoms with Gasteiger partial charge in [0.05, 0.1) is 17.1 Å². The van der Waals surface area contributed by atoms with Gasteiger partial charge in [0.2, 0.25) is 0 Å². The van der Waals surface area contributed by atoms with Crippen LogP contribution in [-0.4, -0.2) is 9.97 Å². The summed E-state index contributed by atoms with van der Waals surface area (Å²) < 4.78 is 18.3. The molecule has 2 heterocycles. The molecular formula is C25H19Br2FN2. The van der Waals surface area contributed by atoms with Gasteiger partial charge in [0.1, 0.15) is 0 Å². The monoisotopic (exact) mass is 524 g/mol. The number of alkyl halides is 1. The van der Waals surface area contributed by atoms with Gasteiger partial charge in [0.25, 0.3) is 0 Å². The number of nitrogens with zero attached hydrogens (tertiary/aromatic N) is 2. The largest absolute Gasteiger partial charge is 0.256 e. The summed E-state index contributed by atoms with van der Waals surface area (Å²) in [4.78, 5) is 9.12. The van der Waals surface area contributed by atoms with Gasteiger partial charge in [-0.25, -0.2) is 9.37 Å². The Bertz CT molecular complexity index is 1180. The predicted octanol–water partition coefficient (Wildman–Crippen LogP) is 7.96. The maximum absolute atomic E-state index is 16.5. The van der Waals surface area contributed by atoms with E-state index in [1.54, 1.807) is 12.3 Å². The lowest BCUT2D eigenvalue weighted by Gasteiger charge is -2.25. The van der Waals surface area contributed by atoms with Crippen LogP contribution in [0.2, 0.25) is 0 Å². The molecule has 0 aliphatic rings. The Hall–Kier alpha value is -2.37. The molecule has 2 nitrogen and oxygen atoms in total. The van der Waals surface area contributed by atoms with Crippen LogP contribution >= 0.6 is 31.9 Å². The number of hydrogen-bond donors (Lipinski definition) is 0. The van der Waals surface area contributed by atoms with Crippen molar-refractivity contribution >= 4 is 31.9 Å². The van der Waals surface area contributed by atoms with Gasteiger partial charge in [0.15, 0.2) is 5.67 Å². The third-order valence-corrected chi connectivity index (χ3v) is 6.03. The summed E-state index contributed by atoms with van der Waals surface area (Å²) in [6.07, 6.45) is 2.00. The van der Waals surface area contributed by atoms with Crippen LogP contribution in [0.3, 0.4) is 0 Å². The topological polar surface area (TPSA) is 25.8 Å². The lowest BCUT2D eigenvalue weighted by molar-refractivity contribution is 0.208. The Morgan fingerprint density at radius 3 is 2.30 bits per heavy atom. The van der Waals surface area contributed by atoms with Crippen molar-refractivity contribution in [3.8, 4) is 22.5 Å². The molecule has 2 aromatic carbocycles. The molecule has 0 aliphatic carbocycles. The third kappa shape index (κ3) is 4.23. The van der Waals surface area contributed by atoms with Crippen LogP contribution in [0.1, 0.15) is 24.6 Å². The van der Waals surface area contributed by atoms with Crippen molar-refractivity contribution in [2.75, 3.05) is 0 Å². The average molecular weight is 526 g/mol. The van der Waals surface area contributed by atoms with E-state index in [1.165, 1.54) is 0 Å². The first-order valence-corrected chi connectivity index (χ1v) is 11.2. The normalized spacial score (nSPS) is 13.1. The molecule has 1 atom stereocenters. The van der Waals surface area contributed by atoms with E-state index in [9.17, 15) is 0 Å². The first-order chi connectivity index (χ1) is 14.5. The van der Waals surface area contributed by atoms with Crippen LogP contribution in [0.15, 0.2) is 94.0 Å². The summed E-state index contributed by atoms with van der Waals surface area (Å²) in [6.45, 7) is 1.84. The van der Waals surface area contributed by atoms with Crippen molar-refractivity contribution in [3.05, 3.63) is 105 Å². The quantitative estimate of drug-likeness (QED) is 0.264. The number of aromatic nitrogens is 2. The molecule has 0 N–H and O–H groups in total. The van der Waals surface area contributed by atoms with Crippen LogP contribution in [-0.2, 0) is 5.67 Å². The highest BCUT2D eigenvalue weighted by molar-refractivity contribution is 9.10. The van der Waals surface area contributed by atoms with E-state index in [2.05, 4.69) is 36.8 Å². The fourth-order valence-corrected chi connectivity index (χ4v) is 4.39. The first-order valence-electron chi connectivity index (χ1n) is 9.64. The van der Waals surface area contributed by atoms with E-state index >= 15 is 4.39 Å². The molecule has 2 aromatic heterocycles. The molecule has 0 amide bonds. The molecule has 150 valence electrons. The lowest BCUT2D eigenvalue weighted by atomic mass is 9.87. The minimum Gasteiger partial charge on any atom is -0.256 e. The second kappa shape index (κ2) is 8.78. The van der Waals surface area contributed by atoms with Gasteiger partial charge in [-0.15, -0.1) is 0 Å². The molecule has 5 heteroatoms. The molecule has 0 aliphatic heterocycles. The number of pyridine rings is 2. The van der Waals surface area contributed by atoms with Gasteiger partial charge in [-0.1, -0.05) is 63.0 Å². The van der Waals surface area contributed by atoms with Crippen LogP contribution in [0.5, 0.6) is 0 Å². The number of rotatable bonds is 5. The zero-order chi connectivity index (χ0) is 21.1. The average Bonchev–Trinajstić information content (AvgIpc) is 2.79. The lowest BCUT2D eigenvalue weighted by Crippen LogP contribution is -2.22. The highest BCUT2D eigenvalue weighted by atomic mass is 79.9. The molecule has 1 unspecified atom stereocenters. The third-order valence-electron chi connectivity index (χ3n) is 5.08. The number of halogens is 3. The fraction of sp³-hybridized carbons (Fsp3) is 0.120. The van der Waals surface area contributed by atoms with Gasteiger partial charge in [0, 0.05) is 26.3 Å². The molecule has 0 radical (unpaired) electrons. The maximum atomic E-state index is 16.5. The predicted molar refractivity (Wildman–Crippen MR) is 127 cm³/mol. The van der Waals surface area contributed by atoms with Gasteiger partial charge in [-0.3, -0.25) is 4.98 Å². The van der Waals surface area contributed by atoms with Crippen molar-refractivity contribution in [2.24, 2.45) is 0 Å². The fourth-order valence-electron chi connectivity index (χ4n) is 3.50. The Morgan fingerprint density at radius 2 is 1.57 bits per heavy atom. The van der Waals surface area contributed by atoms with E-state index in [-0.39, 0.29) is 6.42 Å². The van der Waals surface area contributed by atoms with Crippen LogP contribution in [0.25, 0.3) is 22.5 Å². The highest BCUT2D eigenvalue weighted by Gasteiger charge is 2.35. The second-order valence-corrected chi connectivity index (χ2v) is 8.85. The summed E-state index contributed by atoms with van der Waals surface area (Å²) in [5.74, 6) is 0. The van der Waals surface area contributed by atoms with Gasteiger partial charge in [-0.2, -0.15) is 0 Å². The number of hydrogen-bond acceptors (Lipinski definition) is 2. The molecule has 0 fully saturated rings. The molecule has 0 bridgehead atoms. The van der Waals surface area contributed by atoms with Crippen molar-refractivity contribution in [1.82, 2.24) is 9.97 Å². The van der Waals surface area contributed by atoms with E-state index in [4.69, 9.17) is 4.98 Å². The molecule has 4 aromatic rings. The Labute approximate surface area is 192 Å². The molecule has 0 saturated heterocycles. The minimum atomic E-state index is -1.73. The van der Waals surface area contributed by atoms with Crippen LogP contribution in [0, 0.1) is 0 Å². The maximum Gasteiger partial charge on any atom is 0.177 e. The van der Waals surface area contributed by atoms with Crippen molar-refractivity contribution < 1.29 is 4.39 Å². The minimum absolute atomic E-state index is 0.264. The first kappa shape index (κ1) is 20.9. The standard InChI is InChI=1S/C25H19Br2FN2/c1-2-25(28,19-13-18(15-21(27)16-19)22-9-3-4-12-29-22)24-11-6-10-23(30-24)17-7-5-8-20(26)14-17/h3-16H,2H2,1H3. The smallest absolute Gasteiger partial charge is 0.177 e. The van der Waals surface area contributed by atoms with Crippen molar-refractivity contribution in [1.29, 1.82) is 0 Å². The van der Waals surface area contributed by atoms with Gasteiger partial charge < -0.3 is 0 Å². The molecular weight excluding hydrogens is 507 g/mol. The van der Waals surface area contributed by atoms with E-state index in [0.717, 1.165) is 31.5 Å². The van der Waals surface area contributed by atoms with Crippen LogP contribution < -0.4 is 0 Å². The molecule has 4 rings (SSSR count). The van der Waals surface area contributed by atoms with Gasteiger partial charge >= 0.3 is 0 Å². The Morgan fingerprint density at radius 1 is 0.800 bits per heavy atom.